The molecule has 0 fully saturated rings. The van der Waals surface area contributed by atoms with Gasteiger partial charge in [-0.1, -0.05) is 228 Å². The average Bonchev–Trinajstić information content (AvgIpc) is 3.41. The Hall–Kier alpha value is -6.02. The standard InChI is InChI=1S/C54H44Si/c1-39-37-43-23-7-3-13-33-49(43)53(39,51-35-19-25-41-21-15-17-31-47(41)51)55(45-27-9-5-10-28-45,46-29-11-6-12-30-46)54(40(2)38-44-24-8-4-14-34-50(44)54)52-36-20-26-42-22-16-18-32-48(42)52/h3-22,25-38H,23-24H2,1-2H3. The van der Waals surface area contributed by atoms with E-state index in [9.17, 15) is 0 Å². The molecule has 2 unspecified atom stereocenters. The Morgan fingerprint density at radius 1 is 0.418 bits per heavy atom. The van der Waals surface area contributed by atoms with Gasteiger partial charge in [0.15, 0.2) is 8.07 Å². The second-order valence-electron chi connectivity index (χ2n) is 15.6. The fourth-order valence-electron chi connectivity index (χ4n) is 11.4. The molecule has 6 aromatic carbocycles. The van der Waals surface area contributed by atoms with Crippen molar-refractivity contribution in [1.82, 2.24) is 0 Å². The molecule has 4 aliphatic carbocycles. The molecule has 0 nitrogen and oxygen atoms in total. The van der Waals surface area contributed by atoms with Gasteiger partial charge in [0.2, 0.25) is 0 Å². The van der Waals surface area contributed by atoms with Crippen molar-refractivity contribution in [2.24, 2.45) is 0 Å². The van der Waals surface area contributed by atoms with Crippen molar-refractivity contribution in [3.8, 4) is 0 Å². The van der Waals surface area contributed by atoms with Gasteiger partial charge in [-0.3, -0.25) is 0 Å². The molecule has 0 bridgehead atoms. The largest absolute Gasteiger partial charge is 0.155 e. The van der Waals surface area contributed by atoms with Crippen LogP contribution in [0.2, 0.25) is 0 Å². The molecule has 0 N–H and O–H groups in total. The van der Waals surface area contributed by atoms with Gasteiger partial charge in [-0.15, -0.1) is 0 Å². The number of hydrogen-bond acceptors (Lipinski definition) is 0. The lowest BCUT2D eigenvalue weighted by atomic mass is 9.82. The first kappa shape index (κ1) is 33.5. The van der Waals surface area contributed by atoms with Crippen LogP contribution in [0.5, 0.6) is 0 Å². The lowest BCUT2D eigenvalue weighted by molar-refractivity contribution is 0.738. The van der Waals surface area contributed by atoms with E-state index in [4.69, 9.17) is 0 Å². The maximum Gasteiger partial charge on any atom is 0.155 e. The highest BCUT2D eigenvalue weighted by Crippen LogP contribution is 2.65. The van der Waals surface area contributed by atoms with E-state index in [-0.39, 0.29) is 0 Å². The SMILES string of the molecule is CC1=CC2=C(C=CC=CC2)C1(c1cccc2ccccc12)[Si](c1ccccc1)(c1ccccc1)C1(c2cccc3ccccc23)C(C)=CC2=C1C=CC=CC2. The van der Waals surface area contributed by atoms with E-state index in [0.717, 1.165) is 12.8 Å². The van der Waals surface area contributed by atoms with E-state index in [0.29, 0.717) is 0 Å². The van der Waals surface area contributed by atoms with E-state index in [2.05, 4.69) is 220 Å². The van der Waals surface area contributed by atoms with E-state index in [1.54, 1.807) is 0 Å². The summed E-state index contributed by atoms with van der Waals surface area (Å²) in [5.74, 6) is 0. The molecule has 6 aromatic rings. The normalized spacial score (nSPS) is 21.8. The molecule has 2 atom stereocenters. The molecule has 0 aliphatic heterocycles. The second kappa shape index (κ2) is 13.1. The fourth-order valence-corrected chi connectivity index (χ4v) is 19.2. The summed E-state index contributed by atoms with van der Waals surface area (Å²) in [6, 6.07) is 56.0. The lowest BCUT2D eigenvalue weighted by Gasteiger charge is -2.61. The van der Waals surface area contributed by atoms with Crippen LogP contribution in [-0.2, 0) is 10.1 Å². The Bertz CT molecular complexity index is 2560. The van der Waals surface area contributed by atoms with Gasteiger partial charge in [0.05, 0.1) is 0 Å². The maximum absolute atomic E-state index is 3.50. The zero-order chi connectivity index (χ0) is 37.0. The smallest absolute Gasteiger partial charge is 0.0801 e. The molecule has 4 aliphatic rings. The summed E-state index contributed by atoms with van der Waals surface area (Å²) in [5, 5.41) is 6.96. The molecular formula is C54H44Si. The van der Waals surface area contributed by atoms with Crippen LogP contribution in [0.4, 0.5) is 0 Å². The summed E-state index contributed by atoms with van der Waals surface area (Å²) in [5.41, 5.74) is 11.3. The summed E-state index contributed by atoms with van der Waals surface area (Å²) >= 11 is 0. The van der Waals surface area contributed by atoms with Crippen molar-refractivity contribution in [1.29, 1.82) is 0 Å². The van der Waals surface area contributed by atoms with Crippen LogP contribution in [0.25, 0.3) is 21.5 Å². The van der Waals surface area contributed by atoms with Gasteiger partial charge in [-0.25, -0.2) is 0 Å². The number of fused-ring (bicyclic) bond motifs is 2. The molecule has 10 rings (SSSR count). The Kier molecular flexibility index (Phi) is 7.97. The summed E-state index contributed by atoms with van der Waals surface area (Å²) in [6.45, 7) is 4.93. The van der Waals surface area contributed by atoms with Gasteiger partial charge < -0.3 is 0 Å². The second-order valence-corrected chi connectivity index (χ2v) is 19.7. The van der Waals surface area contributed by atoms with Crippen molar-refractivity contribution in [3.63, 3.8) is 0 Å². The molecule has 0 aromatic heterocycles. The highest BCUT2D eigenvalue weighted by molar-refractivity contribution is 7.08. The minimum absolute atomic E-state index is 0.545. The van der Waals surface area contributed by atoms with Gasteiger partial charge >= 0.3 is 0 Å². The molecule has 0 amide bonds. The van der Waals surface area contributed by atoms with Crippen LogP contribution in [0, 0.1) is 0 Å². The topological polar surface area (TPSA) is 0 Å². The van der Waals surface area contributed by atoms with Crippen molar-refractivity contribution in [2.45, 2.75) is 36.8 Å². The summed E-state index contributed by atoms with van der Waals surface area (Å²) in [6.07, 6.45) is 25.8. The van der Waals surface area contributed by atoms with E-state index in [1.807, 2.05) is 0 Å². The predicted octanol–water partition coefficient (Wildman–Crippen LogP) is 12.1. The Morgan fingerprint density at radius 3 is 1.27 bits per heavy atom. The van der Waals surface area contributed by atoms with Crippen molar-refractivity contribution < 1.29 is 0 Å². The first-order chi connectivity index (χ1) is 27.1. The van der Waals surface area contributed by atoms with Crippen molar-refractivity contribution in [2.75, 3.05) is 0 Å². The highest BCUT2D eigenvalue weighted by atomic mass is 28.3. The molecule has 264 valence electrons. The summed E-state index contributed by atoms with van der Waals surface area (Å²) < 4.78 is 0. The van der Waals surface area contributed by atoms with Gasteiger partial charge in [0.1, 0.15) is 0 Å². The number of rotatable bonds is 6. The van der Waals surface area contributed by atoms with Crippen LogP contribution in [-0.4, -0.2) is 8.07 Å². The molecule has 1 heteroatoms. The Labute approximate surface area is 326 Å². The van der Waals surface area contributed by atoms with Crippen molar-refractivity contribution in [3.05, 3.63) is 251 Å². The third-order valence-corrected chi connectivity index (χ3v) is 19.6. The van der Waals surface area contributed by atoms with Crippen LogP contribution in [0.3, 0.4) is 0 Å². The van der Waals surface area contributed by atoms with Crippen LogP contribution in [0.15, 0.2) is 240 Å². The first-order valence-electron chi connectivity index (χ1n) is 19.7. The van der Waals surface area contributed by atoms with Gasteiger partial charge in [-0.05, 0) is 81.7 Å². The fraction of sp³-hybridized carbons (Fsp3) is 0.111. The Morgan fingerprint density at radius 2 is 0.818 bits per heavy atom. The van der Waals surface area contributed by atoms with Crippen LogP contribution < -0.4 is 10.4 Å². The van der Waals surface area contributed by atoms with Crippen LogP contribution >= 0.6 is 0 Å². The molecule has 0 heterocycles. The van der Waals surface area contributed by atoms with Crippen LogP contribution in [0.1, 0.15) is 37.8 Å². The first-order valence-corrected chi connectivity index (χ1v) is 21.7. The van der Waals surface area contributed by atoms with Gasteiger partial charge in [0, 0.05) is 10.1 Å². The number of hydrogen-bond donors (Lipinski definition) is 0. The molecule has 0 spiro atoms. The molecular weight excluding hydrogens is 677 g/mol. The molecule has 0 radical (unpaired) electrons. The zero-order valence-electron chi connectivity index (χ0n) is 31.5. The number of benzene rings is 6. The number of allylic oxidation sites excluding steroid dienone is 16. The minimum atomic E-state index is -3.50. The highest BCUT2D eigenvalue weighted by Gasteiger charge is 2.72. The summed E-state index contributed by atoms with van der Waals surface area (Å²) in [4.78, 5) is 0. The molecule has 55 heavy (non-hydrogen) atoms. The third kappa shape index (κ3) is 4.51. The summed E-state index contributed by atoms with van der Waals surface area (Å²) in [7, 11) is -3.50. The molecule has 0 saturated carbocycles. The van der Waals surface area contributed by atoms with E-state index >= 15 is 0 Å². The van der Waals surface area contributed by atoms with E-state index < -0.39 is 18.2 Å². The van der Waals surface area contributed by atoms with Gasteiger partial charge in [-0.2, -0.15) is 0 Å². The quantitative estimate of drug-likeness (QED) is 0.150. The zero-order valence-corrected chi connectivity index (χ0v) is 32.5. The lowest BCUT2D eigenvalue weighted by Crippen LogP contribution is -2.82. The maximum atomic E-state index is 2.58. The molecule has 0 saturated heterocycles. The monoisotopic (exact) mass is 720 g/mol. The predicted molar refractivity (Wildman–Crippen MR) is 237 cm³/mol. The Balaban J connectivity index is 1.55. The van der Waals surface area contributed by atoms with Gasteiger partial charge in [0.25, 0.3) is 0 Å². The average molecular weight is 721 g/mol. The third-order valence-electron chi connectivity index (χ3n) is 13.1. The van der Waals surface area contributed by atoms with E-state index in [1.165, 1.54) is 76.5 Å². The van der Waals surface area contributed by atoms with Crippen molar-refractivity contribution >= 4 is 40.0 Å². The minimum Gasteiger partial charge on any atom is -0.0801 e.